The Labute approximate surface area is 243 Å². The molecular formula is C32H39N3O5S. The van der Waals surface area contributed by atoms with Crippen LogP contribution in [-0.2, 0) is 33.5 Å². The van der Waals surface area contributed by atoms with Crippen LogP contribution in [0.3, 0.4) is 0 Å². The molecule has 0 radical (unpaired) electrons. The fraction of sp³-hybridized carbons (Fsp3) is 0.375. The van der Waals surface area contributed by atoms with Gasteiger partial charge in [-0.1, -0.05) is 93.6 Å². The largest absolute Gasteiger partial charge is 0.445 e. The molecule has 8 nitrogen and oxygen atoms in total. The lowest BCUT2D eigenvalue weighted by Crippen LogP contribution is -2.47. The van der Waals surface area contributed by atoms with Crippen LogP contribution in [0.1, 0.15) is 60.7 Å². The third kappa shape index (κ3) is 8.65. The molecular weight excluding hydrogens is 538 g/mol. The minimum absolute atomic E-state index is 0.0228. The maximum Gasteiger partial charge on any atom is 0.410 e. The van der Waals surface area contributed by atoms with E-state index >= 15 is 0 Å². The second kappa shape index (κ2) is 13.3. The van der Waals surface area contributed by atoms with E-state index < -0.39 is 16.1 Å². The van der Waals surface area contributed by atoms with Crippen molar-refractivity contribution in [2.75, 3.05) is 19.6 Å². The minimum atomic E-state index is -4.15. The van der Waals surface area contributed by atoms with Gasteiger partial charge in [0, 0.05) is 31.7 Å². The van der Waals surface area contributed by atoms with Crippen LogP contribution in [0.2, 0.25) is 0 Å². The minimum Gasteiger partial charge on any atom is -0.445 e. The quantitative estimate of drug-likeness (QED) is 0.362. The van der Waals surface area contributed by atoms with E-state index in [4.69, 9.17) is 4.74 Å². The van der Waals surface area contributed by atoms with E-state index in [-0.39, 0.29) is 42.7 Å². The van der Waals surface area contributed by atoms with Crippen molar-refractivity contribution < 1.29 is 22.7 Å². The Morgan fingerprint density at radius 1 is 0.878 bits per heavy atom. The Hall–Kier alpha value is -3.69. The van der Waals surface area contributed by atoms with Crippen LogP contribution in [0, 0.1) is 5.92 Å². The molecule has 1 fully saturated rings. The fourth-order valence-electron chi connectivity index (χ4n) is 4.79. The third-order valence-electron chi connectivity index (χ3n) is 7.32. The first-order valence-corrected chi connectivity index (χ1v) is 15.4. The standard InChI is InChI=1S/C32H39N3O5S/c1-32(2,3)29-16-14-28(15-17-29)30(36)33-41(38,39)35(22-25-10-6-4-7-11-25)23-26-18-20-34(21-19-26)31(37)40-24-27-12-8-5-9-13-27/h4-17,26H,18-24H2,1-3H3,(H,33,36). The zero-order valence-corrected chi connectivity index (χ0v) is 24.8. The van der Waals surface area contributed by atoms with E-state index in [1.54, 1.807) is 17.0 Å². The second-order valence-electron chi connectivity index (χ2n) is 11.5. The summed E-state index contributed by atoms with van der Waals surface area (Å²) in [6.07, 6.45) is 0.887. The van der Waals surface area contributed by atoms with Crippen LogP contribution < -0.4 is 4.72 Å². The van der Waals surface area contributed by atoms with Crippen molar-refractivity contribution in [3.63, 3.8) is 0 Å². The number of nitrogens with zero attached hydrogens (tertiary/aromatic N) is 2. The van der Waals surface area contributed by atoms with Gasteiger partial charge in [0.2, 0.25) is 0 Å². The van der Waals surface area contributed by atoms with Gasteiger partial charge in [-0.15, -0.1) is 0 Å². The number of nitrogens with one attached hydrogen (secondary N) is 1. The molecule has 0 atom stereocenters. The molecule has 1 aliphatic rings. The van der Waals surface area contributed by atoms with Crippen LogP contribution in [0.15, 0.2) is 84.9 Å². The van der Waals surface area contributed by atoms with Crippen molar-refractivity contribution in [3.8, 4) is 0 Å². The predicted molar refractivity (Wildman–Crippen MR) is 159 cm³/mol. The SMILES string of the molecule is CC(C)(C)c1ccc(C(=O)NS(=O)(=O)N(Cc2ccccc2)CC2CCN(C(=O)OCc3ccccc3)CC2)cc1. The molecule has 218 valence electrons. The molecule has 3 aromatic rings. The van der Waals surface area contributed by atoms with E-state index in [0.717, 1.165) is 16.7 Å². The summed E-state index contributed by atoms with van der Waals surface area (Å²) in [5, 5.41) is 0. The maximum atomic E-state index is 13.5. The van der Waals surface area contributed by atoms with Crippen molar-refractivity contribution in [1.29, 1.82) is 0 Å². The molecule has 41 heavy (non-hydrogen) atoms. The summed E-state index contributed by atoms with van der Waals surface area (Å²) in [5.41, 5.74) is 3.00. The number of likely N-dealkylation sites (tertiary alicyclic amines) is 1. The number of amides is 2. The maximum absolute atomic E-state index is 13.5. The lowest BCUT2D eigenvalue weighted by atomic mass is 9.87. The number of carbonyl (C=O) groups is 2. The number of hydrogen-bond donors (Lipinski definition) is 1. The molecule has 1 heterocycles. The molecule has 0 bridgehead atoms. The molecule has 0 unspecified atom stereocenters. The predicted octanol–water partition coefficient (Wildman–Crippen LogP) is 5.51. The molecule has 2 amide bonds. The van der Waals surface area contributed by atoms with E-state index in [0.29, 0.717) is 25.9 Å². The van der Waals surface area contributed by atoms with Crippen molar-refractivity contribution in [2.45, 2.75) is 52.2 Å². The first kappa shape index (κ1) is 30.3. The van der Waals surface area contributed by atoms with Crippen molar-refractivity contribution in [3.05, 3.63) is 107 Å². The molecule has 0 saturated carbocycles. The van der Waals surface area contributed by atoms with Crippen LogP contribution in [0.5, 0.6) is 0 Å². The number of rotatable bonds is 9. The number of benzene rings is 3. The van der Waals surface area contributed by atoms with Gasteiger partial charge < -0.3 is 9.64 Å². The Balaban J connectivity index is 1.39. The molecule has 1 saturated heterocycles. The number of carbonyl (C=O) groups excluding carboxylic acids is 2. The summed E-state index contributed by atoms with van der Waals surface area (Å²) in [4.78, 5) is 27.2. The first-order chi connectivity index (χ1) is 19.5. The van der Waals surface area contributed by atoms with Crippen LogP contribution in [0.4, 0.5) is 4.79 Å². The van der Waals surface area contributed by atoms with E-state index in [9.17, 15) is 18.0 Å². The summed E-state index contributed by atoms with van der Waals surface area (Å²) in [5.74, 6) is -0.644. The normalized spacial score (nSPS) is 14.6. The third-order valence-corrected chi connectivity index (χ3v) is 8.72. The second-order valence-corrected chi connectivity index (χ2v) is 13.2. The summed E-state index contributed by atoms with van der Waals surface area (Å²) >= 11 is 0. The molecule has 4 rings (SSSR count). The molecule has 0 spiro atoms. The number of ether oxygens (including phenoxy) is 1. The fourth-order valence-corrected chi connectivity index (χ4v) is 6.00. The van der Waals surface area contributed by atoms with Crippen molar-refractivity contribution >= 4 is 22.2 Å². The van der Waals surface area contributed by atoms with Gasteiger partial charge in [-0.25, -0.2) is 9.52 Å². The molecule has 0 aliphatic carbocycles. The molecule has 3 aromatic carbocycles. The van der Waals surface area contributed by atoms with Crippen LogP contribution >= 0.6 is 0 Å². The molecule has 1 N–H and O–H groups in total. The lowest BCUT2D eigenvalue weighted by molar-refractivity contribution is 0.0799. The summed E-state index contributed by atoms with van der Waals surface area (Å²) < 4.78 is 36.1. The zero-order valence-electron chi connectivity index (χ0n) is 24.0. The van der Waals surface area contributed by atoms with Gasteiger partial charge in [-0.2, -0.15) is 12.7 Å². The van der Waals surface area contributed by atoms with Gasteiger partial charge >= 0.3 is 16.3 Å². The highest BCUT2D eigenvalue weighted by Crippen LogP contribution is 2.24. The average Bonchev–Trinajstić information content (AvgIpc) is 2.96. The summed E-state index contributed by atoms with van der Waals surface area (Å²) in [6, 6.07) is 25.8. The van der Waals surface area contributed by atoms with Gasteiger partial charge in [0.25, 0.3) is 5.91 Å². The topological polar surface area (TPSA) is 96.0 Å². The first-order valence-electron chi connectivity index (χ1n) is 13.9. The summed E-state index contributed by atoms with van der Waals surface area (Å²) in [6.45, 7) is 7.75. The smallest absolute Gasteiger partial charge is 0.410 e. The van der Waals surface area contributed by atoms with E-state index in [1.807, 2.05) is 72.8 Å². The Bertz CT molecular complexity index is 1400. The van der Waals surface area contributed by atoms with E-state index in [2.05, 4.69) is 25.5 Å². The van der Waals surface area contributed by atoms with Crippen LogP contribution in [0.25, 0.3) is 0 Å². The highest BCUT2D eigenvalue weighted by atomic mass is 32.2. The van der Waals surface area contributed by atoms with Gasteiger partial charge in [-0.05, 0) is 53.0 Å². The molecule has 0 aromatic heterocycles. The van der Waals surface area contributed by atoms with Gasteiger partial charge in [-0.3, -0.25) is 4.79 Å². The lowest BCUT2D eigenvalue weighted by Gasteiger charge is -2.34. The zero-order chi connectivity index (χ0) is 29.5. The highest BCUT2D eigenvalue weighted by Gasteiger charge is 2.31. The summed E-state index contributed by atoms with van der Waals surface area (Å²) in [7, 11) is -4.15. The Morgan fingerprint density at radius 3 is 2.00 bits per heavy atom. The van der Waals surface area contributed by atoms with Crippen molar-refractivity contribution in [2.24, 2.45) is 5.92 Å². The number of piperidine rings is 1. The van der Waals surface area contributed by atoms with Crippen LogP contribution in [-0.4, -0.2) is 49.3 Å². The Kier molecular flexibility index (Phi) is 9.83. The van der Waals surface area contributed by atoms with Gasteiger partial charge in [0.05, 0.1) is 0 Å². The highest BCUT2D eigenvalue weighted by molar-refractivity contribution is 7.87. The Morgan fingerprint density at radius 2 is 1.44 bits per heavy atom. The average molecular weight is 578 g/mol. The van der Waals surface area contributed by atoms with Crippen molar-refractivity contribution in [1.82, 2.24) is 13.9 Å². The van der Waals surface area contributed by atoms with Gasteiger partial charge in [0.1, 0.15) is 6.61 Å². The number of hydrogen-bond acceptors (Lipinski definition) is 5. The molecule has 1 aliphatic heterocycles. The monoisotopic (exact) mass is 577 g/mol. The van der Waals surface area contributed by atoms with E-state index in [1.165, 1.54) is 4.31 Å². The molecule has 9 heteroatoms. The van der Waals surface area contributed by atoms with Gasteiger partial charge in [0.15, 0.2) is 0 Å².